The Labute approximate surface area is 69.4 Å². The van der Waals surface area contributed by atoms with Gasteiger partial charge in [0.1, 0.15) is 0 Å². The molecule has 1 atom stereocenters. The van der Waals surface area contributed by atoms with E-state index in [1.54, 1.807) is 6.07 Å². The largest absolute Gasteiger partial charge is 0.453 e. The summed E-state index contributed by atoms with van der Waals surface area (Å²) in [5.41, 5.74) is 6.27. The van der Waals surface area contributed by atoms with Crippen molar-refractivity contribution in [2.45, 2.75) is 12.5 Å². The molecule has 0 aromatic carbocycles. The zero-order valence-electron chi connectivity index (χ0n) is 5.75. The van der Waals surface area contributed by atoms with Crippen LogP contribution in [0.4, 0.5) is 0 Å². The third-order valence-corrected chi connectivity index (χ3v) is 1.66. The molecule has 4 heteroatoms. The fourth-order valence-electron chi connectivity index (χ4n) is 0.778. The van der Waals surface area contributed by atoms with E-state index >= 15 is 0 Å². The Morgan fingerprint density at radius 1 is 1.82 bits per heavy atom. The predicted octanol–water partition coefficient (Wildman–Crippen LogP) is 1.85. The van der Waals surface area contributed by atoms with Gasteiger partial charge in [-0.1, -0.05) is 0 Å². The van der Waals surface area contributed by atoms with Crippen LogP contribution in [0.1, 0.15) is 18.0 Å². The standard InChI is InChI=1S/C7H7ClN2O/c8-7-5(2-4-11-7)6(10)1-3-9/h2,4,6H,1,10H2. The van der Waals surface area contributed by atoms with E-state index in [4.69, 9.17) is 27.0 Å². The van der Waals surface area contributed by atoms with Gasteiger partial charge in [-0.2, -0.15) is 5.26 Å². The van der Waals surface area contributed by atoms with E-state index in [2.05, 4.69) is 0 Å². The van der Waals surface area contributed by atoms with Crippen molar-refractivity contribution in [3.05, 3.63) is 23.1 Å². The van der Waals surface area contributed by atoms with Crippen LogP contribution in [-0.2, 0) is 0 Å². The summed E-state index contributed by atoms with van der Waals surface area (Å²) in [6.07, 6.45) is 1.70. The molecule has 1 rings (SSSR count). The molecule has 0 spiro atoms. The molecule has 1 heterocycles. The minimum absolute atomic E-state index is 0.249. The highest BCUT2D eigenvalue weighted by Gasteiger charge is 2.11. The number of halogens is 1. The quantitative estimate of drug-likeness (QED) is 0.737. The zero-order valence-corrected chi connectivity index (χ0v) is 6.51. The highest BCUT2D eigenvalue weighted by Crippen LogP contribution is 2.23. The third-order valence-electron chi connectivity index (χ3n) is 1.36. The van der Waals surface area contributed by atoms with Crippen LogP contribution in [0.5, 0.6) is 0 Å². The van der Waals surface area contributed by atoms with Gasteiger partial charge in [0.15, 0.2) is 5.22 Å². The monoisotopic (exact) mass is 170 g/mol. The van der Waals surface area contributed by atoms with Crippen LogP contribution in [0.3, 0.4) is 0 Å². The molecule has 1 aromatic heterocycles. The second-order valence-electron chi connectivity index (χ2n) is 2.12. The van der Waals surface area contributed by atoms with Gasteiger partial charge < -0.3 is 10.2 Å². The molecular formula is C7H7ClN2O. The number of rotatable bonds is 2. The molecule has 58 valence electrons. The smallest absolute Gasteiger partial charge is 0.197 e. The number of nitrogens with two attached hydrogens (primary N) is 1. The Hall–Kier alpha value is -0.980. The molecule has 0 saturated heterocycles. The van der Waals surface area contributed by atoms with Gasteiger partial charge in [0.05, 0.1) is 18.8 Å². The lowest BCUT2D eigenvalue weighted by Crippen LogP contribution is -2.08. The van der Waals surface area contributed by atoms with Crippen LogP contribution >= 0.6 is 11.6 Å². The van der Waals surface area contributed by atoms with Crippen molar-refractivity contribution in [3.8, 4) is 6.07 Å². The normalized spacial score (nSPS) is 12.5. The third kappa shape index (κ3) is 1.73. The van der Waals surface area contributed by atoms with Gasteiger partial charge in [0, 0.05) is 11.6 Å². The molecule has 2 N–H and O–H groups in total. The van der Waals surface area contributed by atoms with Gasteiger partial charge in [0.2, 0.25) is 0 Å². The summed E-state index contributed by atoms with van der Waals surface area (Å²) >= 11 is 5.61. The zero-order chi connectivity index (χ0) is 8.27. The molecule has 1 aromatic rings. The minimum Gasteiger partial charge on any atom is -0.453 e. The van der Waals surface area contributed by atoms with E-state index in [0.717, 1.165) is 0 Å². The van der Waals surface area contributed by atoms with Gasteiger partial charge in [0.25, 0.3) is 0 Å². The average Bonchev–Trinajstić information content (AvgIpc) is 2.36. The van der Waals surface area contributed by atoms with Gasteiger partial charge >= 0.3 is 0 Å². The van der Waals surface area contributed by atoms with Crippen molar-refractivity contribution >= 4 is 11.6 Å². The van der Waals surface area contributed by atoms with Crippen LogP contribution in [-0.4, -0.2) is 0 Å². The molecular weight excluding hydrogens is 164 g/mol. The summed E-state index contributed by atoms with van der Waals surface area (Å²) in [5.74, 6) is 0. The first-order valence-corrected chi connectivity index (χ1v) is 3.49. The lowest BCUT2D eigenvalue weighted by atomic mass is 10.1. The average molecular weight is 171 g/mol. The van der Waals surface area contributed by atoms with Crippen molar-refractivity contribution < 1.29 is 4.42 Å². The van der Waals surface area contributed by atoms with Crippen molar-refractivity contribution in [1.82, 2.24) is 0 Å². The van der Waals surface area contributed by atoms with Crippen LogP contribution in [0, 0.1) is 11.3 Å². The summed E-state index contributed by atoms with van der Waals surface area (Å²) in [7, 11) is 0. The van der Waals surface area contributed by atoms with Crippen molar-refractivity contribution in [1.29, 1.82) is 5.26 Å². The number of furan rings is 1. The Kier molecular flexibility index (Phi) is 2.53. The Balaban J connectivity index is 2.77. The molecule has 0 amide bonds. The summed E-state index contributed by atoms with van der Waals surface area (Å²) in [5, 5.41) is 8.59. The van der Waals surface area contributed by atoms with Crippen LogP contribution in [0.15, 0.2) is 16.7 Å². The lowest BCUT2D eigenvalue weighted by Gasteiger charge is -2.02. The molecule has 3 nitrogen and oxygen atoms in total. The SMILES string of the molecule is N#CCC(N)c1ccoc1Cl. The first kappa shape index (κ1) is 8.12. The molecule has 11 heavy (non-hydrogen) atoms. The van der Waals surface area contributed by atoms with Crippen LogP contribution in [0.25, 0.3) is 0 Å². The van der Waals surface area contributed by atoms with Gasteiger partial charge in [-0.25, -0.2) is 0 Å². The van der Waals surface area contributed by atoms with Gasteiger partial charge in [-0.05, 0) is 17.7 Å². The van der Waals surface area contributed by atoms with E-state index in [-0.39, 0.29) is 17.7 Å². The summed E-state index contributed by atoms with van der Waals surface area (Å²) in [6, 6.07) is 3.29. The summed E-state index contributed by atoms with van der Waals surface area (Å²) < 4.78 is 4.81. The second-order valence-corrected chi connectivity index (χ2v) is 2.46. The molecule has 0 aliphatic carbocycles. The van der Waals surface area contributed by atoms with E-state index in [1.165, 1.54) is 6.26 Å². The maximum atomic E-state index is 8.32. The van der Waals surface area contributed by atoms with Gasteiger partial charge in [-0.3, -0.25) is 0 Å². The fourth-order valence-corrected chi connectivity index (χ4v) is 1.03. The van der Waals surface area contributed by atoms with E-state index in [1.807, 2.05) is 6.07 Å². The molecule has 0 fully saturated rings. The first-order valence-electron chi connectivity index (χ1n) is 3.11. The van der Waals surface area contributed by atoms with Crippen molar-refractivity contribution in [2.24, 2.45) is 5.73 Å². The topological polar surface area (TPSA) is 63.0 Å². The molecule has 0 aliphatic heterocycles. The maximum absolute atomic E-state index is 8.32. The number of hydrogen-bond acceptors (Lipinski definition) is 3. The molecule has 0 radical (unpaired) electrons. The van der Waals surface area contributed by atoms with E-state index in [9.17, 15) is 0 Å². The Bertz CT molecular complexity index is 276. The van der Waals surface area contributed by atoms with Crippen LogP contribution < -0.4 is 5.73 Å². The van der Waals surface area contributed by atoms with E-state index in [0.29, 0.717) is 5.56 Å². The summed E-state index contributed by atoms with van der Waals surface area (Å²) in [6.45, 7) is 0. The first-order chi connectivity index (χ1) is 5.25. The second kappa shape index (κ2) is 3.42. The minimum atomic E-state index is -0.341. The van der Waals surface area contributed by atoms with Crippen molar-refractivity contribution in [2.75, 3.05) is 0 Å². The molecule has 0 saturated carbocycles. The number of nitriles is 1. The Morgan fingerprint density at radius 3 is 3.00 bits per heavy atom. The predicted molar refractivity (Wildman–Crippen MR) is 40.9 cm³/mol. The van der Waals surface area contributed by atoms with Crippen molar-refractivity contribution in [3.63, 3.8) is 0 Å². The fraction of sp³-hybridized carbons (Fsp3) is 0.286. The highest BCUT2D eigenvalue weighted by atomic mass is 35.5. The molecule has 0 aliphatic rings. The lowest BCUT2D eigenvalue weighted by molar-refractivity contribution is 0.561. The summed E-state index contributed by atoms with van der Waals surface area (Å²) in [4.78, 5) is 0. The number of nitrogens with zero attached hydrogens (tertiary/aromatic N) is 1. The number of hydrogen-bond donors (Lipinski definition) is 1. The van der Waals surface area contributed by atoms with Crippen LogP contribution in [0.2, 0.25) is 5.22 Å². The Morgan fingerprint density at radius 2 is 2.55 bits per heavy atom. The molecule has 0 bridgehead atoms. The maximum Gasteiger partial charge on any atom is 0.197 e. The van der Waals surface area contributed by atoms with Gasteiger partial charge in [-0.15, -0.1) is 0 Å². The highest BCUT2D eigenvalue weighted by molar-refractivity contribution is 6.29. The molecule has 1 unspecified atom stereocenters. The van der Waals surface area contributed by atoms with E-state index < -0.39 is 0 Å².